The summed E-state index contributed by atoms with van der Waals surface area (Å²) in [6.07, 6.45) is 9.51. The van der Waals surface area contributed by atoms with Crippen molar-refractivity contribution in [2.75, 3.05) is 6.54 Å². The largest absolute Gasteiger partial charge is 0.314 e. The molecule has 1 atom stereocenters. The predicted molar refractivity (Wildman–Crippen MR) is 78.8 cm³/mol. The van der Waals surface area contributed by atoms with E-state index in [0.717, 1.165) is 12.0 Å². The second-order valence-electron chi connectivity index (χ2n) is 5.73. The Morgan fingerprint density at radius 3 is 2.61 bits per heavy atom. The molecule has 1 aromatic carbocycles. The van der Waals surface area contributed by atoms with Gasteiger partial charge in [0.2, 0.25) is 0 Å². The smallest absolute Gasteiger partial charge is 0.00683 e. The van der Waals surface area contributed by atoms with Crippen LogP contribution >= 0.6 is 0 Å². The Morgan fingerprint density at radius 2 is 1.94 bits per heavy atom. The fraction of sp³-hybridized carbons (Fsp3) is 0.647. The van der Waals surface area contributed by atoms with E-state index in [-0.39, 0.29) is 0 Å². The Kier molecular flexibility index (Phi) is 5.73. The fourth-order valence-corrected chi connectivity index (χ4v) is 2.53. The molecule has 1 saturated carbocycles. The Hall–Kier alpha value is -0.820. The zero-order valence-electron chi connectivity index (χ0n) is 11.7. The Bertz CT molecular complexity index is 316. The first-order valence-electron chi connectivity index (χ1n) is 7.65. The van der Waals surface area contributed by atoms with Gasteiger partial charge in [-0.25, -0.2) is 0 Å². The van der Waals surface area contributed by atoms with Crippen molar-refractivity contribution in [3.05, 3.63) is 35.9 Å². The molecule has 1 aromatic rings. The normalized spacial score (nSPS) is 16.7. The summed E-state index contributed by atoms with van der Waals surface area (Å²) in [6, 6.07) is 11.8. The minimum Gasteiger partial charge on any atom is -0.314 e. The zero-order valence-corrected chi connectivity index (χ0v) is 11.7. The molecule has 0 aliphatic heterocycles. The fourth-order valence-electron chi connectivity index (χ4n) is 2.53. The van der Waals surface area contributed by atoms with Crippen LogP contribution in [0.25, 0.3) is 0 Å². The maximum absolute atomic E-state index is 3.70. The van der Waals surface area contributed by atoms with Gasteiger partial charge >= 0.3 is 0 Å². The number of rotatable bonds is 9. The summed E-state index contributed by atoms with van der Waals surface area (Å²) in [5.74, 6) is 0.819. The van der Waals surface area contributed by atoms with Gasteiger partial charge in [0.05, 0.1) is 0 Å². The molecule has 100 valence electrons. The van der Waals surface area contributed by atoms with Crippen molar-refractivity contribution in [2.45, 2.75) is 57.9 Å². The summed E-state index contributed by atoms with van der Waals surface area (Å²) in [7, 11) is 0. The maximum Gasteiger partial charge on any atom is 0.00683 e. The quantitative estimate of drug-likeness (QED) is 0.644. The van der Waals surface area contributed by atoms with Crippen LogP contribution in [-0.4, -0.2) is 12.6 Å². The summed E-state index contributed by atoms with van der Waals surface area (Å²) in [6.45, 7) is 3.50. The van der Waals surface area contributed by atoms with Crippen LogP contribution in [0.5, 0.6) is 0 Å². The van der Waals surface area contributed by atoms with E-state index in [1.807, 2.05) is 0 Å². The molecule has 1 N–H and O–H groups in total. The monoisotopic (exact) mass is 245 g/mol. The molecule has 0 spiro atoms. The molecule has 0 aromatic heterocycles. The molecule has 0 radical (unpaired) electrons. The van der Waals surface area contributed by atoms with Crippen LogP contribution in [0.2, 0.25) is 0 Å². The third kappa shape index (κ3) is 5.22. The lowest BCUT2D eigenvalue weighted by Gasteiger charge is -2.17. The molecule has 2 rings (SSSR count). The number of hydrogen-bond acceptors (Lipinski definition) is 1. The molecule has 0 heterocycles. The van der Waals surface area contributed by atoms with E-state index in [2.05, 4.69) is 42.6 Å². The molecule has 0 amide bonds. The van der Waals surface area contributed by atoms with Crippen molar-refractivity contribution in [1.29, 1.82) is 0 Å². The van der Waals surface area contributed by atoms with Crippen molar-refractivity contribution < 1.29 is 0 Å². The highest BCUT2D eigenvalue weighted by atomic mass is 14.9. The van der Waals surface area contributed by atoms with Gasteiger partial charge < -0.3 is 5.32 Å². The van der Waals surface area contributed by atoms with E-state index in [9.17, 15) is 0 Å². The van der Waals surface area contributed by atoms with Crippen molar-refractivity contribution in [2.24, 2.45) is 5.92 Å². The lowest BCUT2D eigenvalue weighted by Crippen LogP contribution is -2.26. The minimum absolute atomic E-state index is 0.819. The molecular formula is C17H27N. The van der Waals surface area contributed by atoms with E-state index in [0.29, 0.717) is 0 Å². The van der Waals surface area contributed by atoms with Gasteiger partial charge in [0, 0.05) is 6.04 Å². The van der Waals surface area contributed by atoms with Crippen LogP contribution in [0, 0.1) is 5.92 Å². The Morgan fingerprint density at radius 1 is 1.17 bits per heavy atom. The van der Waals surface area contributed by atoms with Crippen LogP contribution in [0.4, 0.5) is 0 Å². The van der Waals surface area contributed by atoms with E-state index in [4.69, 9.17) is 0 Å². The lowest BCUT2D eigenvalue weighted by molar-refractivity contribution is 0.422. The molecule has 1 nitrogen and oxygen atoms in total. The summed E-state index contributed by atoms with van der Waals surface area (Å²) in [4.78, 5) is 0. The Labute approximate surface area is 112 Å². The summed E-state index contributed by atoms with van der Waals surface area (Å²) in [5.41, 5.74) is 1.50. The Balaban J connectivity index is 1.78. The number of benzene rings is 1. The summed E-state index contributed by atoms with van der Waals surface area (Å²) in [5, 5.41) is 3.70. The molecule has 0 bridgehead atoms. The van der Waals surface area contributed by atoms with Crippen molar-refractivity contribution in [3.63, 3.8) is 0 Å². The first-order valence-corrected chi connectivity index (χ1v) is 7.65. The van der Waals surface area contributed by atoms with Crippen LogP contribution in [0.3, 0.4) is 0 Å². The van der Waals surface area contributed by atoms with Crippen LogP contribution < -0.4 is 5.32 Å². The zero-order chi connectivity index (χ0) is 12.6. The minimum atomic E-state index is 0.819. The highest BCUT2D eigenvalue weighted by Gasteiger charge is 2.21. The molecule has 18 heavy (non-hydrogen) atoms. The standard InChI is InChI=1S/C17H27N/c1-2-3-5-10-16(14-18-17-11-12-17)13-15-8-6-4-7-9-15/h4,6-9,16-18H,2-3,5,10-14H2,1H3. The lowest BCUT2D eigenvalue weighted by atomic mass is 9.93. The molecule has 1 unspecified atom stereocenters. The highest BCUT2D eigenvalue weighted by molar-refractivity contribution is 5.15. The number of unbranched alkanes of at least 4 members (excludes halogenated alkanes) is 2. The molecule has 1 aliphatic carbocycles. The van der Waals surface area contributed by atoms with E-state index >= 15 is 0 Å². The van der Waals surface area contributed by atoms with Gasteiger partial charge in [-0.2, -0.15) is 0 Å². The second-order valence-corrected chi connectivity index (χ2v) is 5.73. The van der Waals surface area contributed by atoms with Crippen LogP contribution in [-0.2, 0) is 6.42 Å². The molecule has 1 fully saturated rings. The third-order valence-electron chi connectivity index (χ3n) is 3.86. The molecule has 1 aliphatic rings. The highest BCUT2D eigenvalue weighted by Crippen LogP contribution is 2.21. The van der Waals surface area contributed by atoms with Gasteiger partial charge in [-0.1, -0.05) is 56.5 Å². The first-order chi connectivity index (χ1) is 8.88. The van der Waals surface area contributed by atoms with Gasteiger partial charge in [-0.15, -0.1) is 0 Å². The predicted octanol–water partition coefficient (Wildman–Crippen LogP) is 4.18. The van der Waals surface area contributed by atoms with Gasteiger partial charge in [0.15, 0.2) is 0 Å². The topological polar surface area (TPSA) is 12.0 Å². The molecule has 0 saturated heterocycles. The maximum atomic E-state index is 3.70. The third-order valence-corrected chi connectivity index (χ3v) is 3.86. The average molecular weight is 245 g/mol. The SMILES string of the molecule is CCCCCC(CNC1CC1)Cc1ccccc1. The molecule has 1 heteroatoms. The second kappa shape index (κ2) is 7.58. The van der Waals surface area contributed by atoms with E-state index in [1.54, 1.807) is 0 Å². The number of hydrogen-bond donors (Lipinski definition) is 1. The number of nitrogens with one attached hydrogen (secondary N) is 1. The summed E-state index contributed by atoms with van der Waals surface area (Å²) < 4.78 is 0. The average Bonchev–Trinajstić information content (AvgIpc) is 3.21. The van der Waals surface area contributed by atoms with Gasteiger partial charge in [-0.3, -0.25) is 0 Å². The summed E-state index contributed by atoms with van der Waals surface area (Å²) >= 11 is 0. The van der Waals surface area contributed by atoms with E-state index in [1.165, 1.54) is 57.1 Å². The van der Waals surface area contributed by atoms with Gasteiger partial charge in [0.1, 0.15) is 0 Å². The van der Waals surface area contributed by atoms with Crippen molar-refractivity contribution >= 4 is 0 Å². The van der Waals surface area contributed by atoms with Gasteiger partial charge in [0.25, 0.3) is 0 Å². The van der Waals surface area contributed by atoms with Crippen molar-refractivity contribution in [3.8, 4) is 0 Å². The van der Waals surface area contributed by atoms with Crippen LogP contribution in [0.1, 0.15) is 51.0 Å². The van der Waals surface area contributed by atoms with E-state index < -0.39 is 0 Å². The van der Waals surface area contributed by atoms with Gasteiger partial charge in [-0.05, 0) is 43.7 Å². The van der Waals surface area contributed by atoms with Crippen LogP contribution in [0.15, 0.2) is 30.3 Å². The van der Waals surface area contributed by atoms with Crippen molar-refractivity contribution in [1.82, 2.24) is 5.32 Å². The first kappa shape index (κ1) is 13.6. The molecular weight excluding hydrogens is 218 g/mol.